The molecule has 3 heteroatoms. The molecule has 3 N–H and O–H groups in total. The SMILES string of the molecule is CCc1cc(CNCCC(C)N)ccc1OC. The number of hydrogen-bond acceptors (Lipinski definition) is 3. The van der Waals surface area contributed by atoms with E-state index in [2.05, 4.69) is 24.4 Å². The molecular weight excluding hydrogens is 212 g/mol. The average molecular weight is 236 g/mol. The molecule has 0 spiro atoms. The quantitative estimate of drug-likeness (QED) is 0.713. The van der Waals surface area contributed by atoms with Gasteiger partial charge in [-0.25, -0.2) is 0 Å². The van der Waals surface area contributed by atoms with Crippen LogP contribution < -0.4 is 15.8 Å². The van der Waals surface area contributed by atoms with E-state index in [0.29, 0.717) is 0 Å². The number of aryl methyl sites for hydroxylation is 1. The van der Waals surface area contributed by atoms with E-state index in [4.69, 9.17) is 10.5 Å². The third kappa shape index (κ3) is 4.75. The Morgan fingerprint density at radius 2 is 2.18 bits per heavy atom. The molecule has 1 atom stereocenters. The van der Waals surface area contributed by atoms with Crippen LogP contribution in [0.15, 0.2) is 18.2 Å². The maximum absolute atomic E-state index is 5.70. The molecule has 0 aromatic heterocycles. The Bertz CT molecular complexity index is 337. The fourth-order valence-electron chi connectivity index (χ4n) is 1.78. The summed E-state index contributed by atoms with van der Waals surface area (Å²) in [5.41, 5.74) is 8.26. The molecule has 3 nitrogen and oxygen atoms in total. The van der Waals surface area contributed by atoms with Crippen LogP contribution in [0.1, 0.15) is 31.4 Å². The van der Waals surface area contributed by atoms with Gasteiger partial charge in [0.05, 0.1) is 7.11 Å². The Labute approximate surface area is 104 Å². The highest BCUT2D eigenvalue weighted by Crippen LogP contribution is 2.20. The molecule has 0 amide bonds. The summed E-state index contributed by atoms with van der Waals surface area (Å²) in [5, 5.41) is 3.40. The number of hydrogen-bond donors (Lipinski definition) is 2. The summed E-state index contributed by atoms with van der Waals surface area (Å²) in [6.07, 6.45) is 2.01. The molecule has 17 heavy (non-hydrogen) atoms. The largest absolute Gasteiger partial charge is 0.496 e. The van der Waals surface area contributed by atoms with Crippen molar-refractivity contribution in [1.82, 2.24) is 5.32 Å². The van der Waals surface area contributed by atoms with Gasteiger partial charge in [0.2, 0.25) is 0 Å². The third-order valence-corrected chi connectivity index (χ3v) is 2.83. The van der Waals surface area contributed by atoms with Crippen molar-refractivity contribution in [2.45, 2.75) is 39.3 Å². The Balaban J connectivity index is 2.48. The van der Waals surface area contributed by atoms with Crippen molar-refractivity contribution in [3.05, 3.63) is 29.3 Å². The Hall–Kier alpha value is -1.06. The Kier molecular flexibility index (Phi) is 6.01. The molecular formula is C14H24N2O. The van der Waals surface area contributed by atoms with Crippen molar-refractivity contribution in [3.8, 4) is 5.75 Å². The van der Waals surface area contributed by atoms with E-state index in [0.717, 1.165) is 31.7 Å². The molecule has 0 saturated carbocycles. The van der Waals surface area contributed by atoms with Gasteiger partial charge in [0.15, 0.2) is 0 Å². The molecule has 0 fully saturated rings. The van der Waals surface area contributed by atoms with Crippen molar-refractivity contribution in [2.24, 2.45) is 5.73 Å². The molecule has 0 radical (unpaired) electrons. The molecule has 1 unspecified atom stereocenters. The second kappa shape index (κ2) is 7.30. The number of benzene rings is 1. The van der Waals surface area contributed by atoms with Gasteiger partial charge < -0.3 is 15.8 Å². The van der Waals surface area contributed by atoms with E-state index in [-0.39, 0.29) is 6.04 Å². The predicted molar refractivity (Wildman–Crippen MR) is 72.3 cm³/mol. The van der Waals surface area contributed by atoms with Crippen LogP contribution in [0, 0.1) is 0 Å². The highest BCUT2D eigenvalue weighted by atomic mass is 16.5. The first-order chi connectivity index (χ1) is 8.17. The highest BCUT2D eigenvalue weighted by molar-refractivity contribution is 5.37. The van der Waals surface area contributed by atoms with Gasteiger partial charge in [0, 0.05) is 12.6 Å². The minimum atomic E-state index is 0.268. The topological polar surface area (TPSA) is 47.3 Å². The van der Waals surface area contributed by atoms with Gasteiger partial charge in [0.25, 0.3) is 0 Å². The normalized spacial score (nSPS) is 12.5. The van der Waals surface area contributed by atoms with Gasteiger partial charge in [0.1, 0.15) is 5.75 Å². The van der Waals surface area contributed by atoms with Gasteiger partial charge in [-0.05, 0) is 43.5 Å². The summed E-state index contributed by atoms with van der Waals surface area (Å²) >= 11 is 0. The lowest BCUT2D eigenvalue weighted by Crippen LogP contribution is -2.23. The zero-order valence-corrected chi connectivity index (χ0v) is 11.1. The van der Waals surface area contributed by atoms with Gasteiger partial charge in [-0.15, -0.1) is 0 Å². The number of ether oxygens (including phenoxy) is 1. The molecule has 96 valence electrons. The van der Waals surface area contributed by atoms with E-state index >= 15 is 0 Å². The van der Waals surface area contributed by atoms with Gasteiger partial charge >= 0.3 is 0 Å². The van der Waals surface area contributed by atoms with Crippen LogP contribution in [0.4, 0.5) is 0 Å². The first kappa shape index (κ1) is 14.0. The van der Waals surface area contributed by atoms with Crippen LogP contribution in [-0.2, 0) is 13.0 Å². The molecule has 0 aliphatic rings. The van der Waals surface area contributed by atoms with Crippen LogP contribution in [0.5, 0.6) is 5.75 Å². The summed E-state index contributed by atoms with van der Waals surface area (Å²) < 4.78 is 5.31. The summed E-state index contributed by atoms with van der Waals surface area (Å²) in [6, 6.07) is 6.63. The van der Waals surface area contributed by atoms with E-state index in [1.54, 1.807) is 7.11 Å². The fourth-order valence-corrected chi connectivity index (χ4v) is 1.78. The second-order valence-corrected chi connectivity index (χ2v) is 4.44. The molecule has 1 rings (SSSR count). The van der Waals surface area contributed by atoms with Crippen LogP contribution in [0.2, 0.25) is 0 Å². The predicted octanol–water partition coefficient (Wildman–Crippen LogP) is 2.08. The van der Waals surface area contributed by atoms with Crippen LogP contribution in [0.3, 0.4) is 0 Å². The summed E-state index contributed by atoms with van der Waals surface area (Å²) in [5.74, 6) is 0.979. The molecule has 0 saturated heterocycles. The van der Waals surface area contributed by atoms with E-state index in [9.17, 15) is 0 Å². The summed E-state index contributed by atoms with van der Waals surface area (Å²) in [6.45, 7) is 6.03. The van der Waals surface area contributed by atoms with E-state index in [1.165, 1.54) is 11.1 Å². The zero-order chi connectivity index (χ0) is 12.7. The lowest BCUT2D eigenvalue weighted by molar-refractivity contribution is 0.410. The van der Waals surface area contributed by atoms with Crippen molar-refractivity contribution in [1.29, 1.82) is 0 Å². The minimum absolute atomic E-state index is 0.268. The lowest BCUT2D eigenvalue weighted by Gasteiger charge is -2.10. The standard InChI is InChI=1S/C14H24N2O/c1-4-13-9-12(5-6-14(13)17-3)10-16-8-7-11(2)15/h5-6,9,11,16H,4,7-8,10,15H2,1-3H3. The fraction of sp³-hybridized carbons (Fsp3) is 0.571. The monoisotopic (exact) mass is 236 g/mol. The first-order valence-corrected chi connectivity index (χ1v) is 6.29. The van der Waals surface area contributed by atoms with Crippen molar-refractivity contribution < 1.29 is 4.74 Å². The molecule has 1 aromatic carbocycles. The Morgan fingerprint density at radius 3 is 2.76 bits per heavy atom. The van der Waals surface area contributed by atoms with Crippen LogP contribution in [0.25, 0.3) is 0 Å². The van der Waals surface area contributed by atoms with E-state index in [1.807, 2.05) is 13.0 Å². The van der Waals surface area contributed by atoms with Crippen LogP contribution >= 0.6 is 0 Å². The number of nitrogens with one attached hydrogen (secondary N) is 1. The first-order valence-electron chi connectivity index (χ1n) is 6.29. The maximum atomic E-state index is 5.70. The molecule has 0 heterocycles. The highest BCUT2D eigenvalue weighted by Gasteiger charge is 2.02. The smallest absolute Gasteiger partial charge is 0.122 e. The van der Waals surface area contributed by atoms with Gasteiger partial charge in [-0.1, -0.05) is 19.1 Å². The summed E-state index contributed by atoms with van der Waals surface area (Å²) in [4.78, 5) is 0. The molecule has 0 aliphatic carbocycles. The number of methoxy groups -OCH3 is 1. The van der Waals surface area contributed by atoms with E-state index < -0.39 is 0 Å². The average Bonchev–Trinajstić information content (AvgIpc) is 2.34. The van der Waals surface area contributed by atoms with Crippen molar-refractivity contribution in [2.75, 3.05) is 13.7 Å². The van der Waals surface area contributed by atoms with Crippen LogP contribution in [-0.4, -0.2) is 19.7 Å². The zero-order valence-electron chi connectivity index (χ0n) is 11.1. The Morgan fingerprint density at radius 1 is 1.41 bits per heavy atom. The summed E-state index contributed by atoms with van der Waals surface area (Å²) in [7, 11) is 1.72. The maximum Gasteiger partial charge on any atom is 0.122 e. The molecule has 0 bridgehead atoms. The molecule has 1 aromatic rings. The number of rotatable bonds is 7. The third-order valence-electron chi connectivity index (χ3n) is 2.83. The lowest BCUT2D eigenvalue weighted by atomic mass is 10.1. The van der Waals surface area contributed by atoms with Crippen molar-refractivity contribution in [3.63, 3.8) is 0 Å². The molecule has 0 aliphatic heterocycles. The number of nitrogens with two attached hydrogens (primary N) is 1. The second-order valence-electron chi connectivity index (χ2n) is 4.44. The van der Waals surface area contributed by atoms with Gasteiger partial charge in [-0.2, -0.15) is 0 Å². The van der Waals surface area contributed by atoms with Crippen molar-refractivity contribution >= 4 is 0 Å². The minimum Gasteiger partial charge on any atom is -0.496 e. The van der Waals surface area contributed by atoms with Gasteiger partial charge in [-0.3, -0.25) is 0 Å².